The highest BCUT2D eigenvalue weighted by Crippen LogP contribution is 1.99. The van der Waals surface area contributed by atoms with E-state index in [0.29, 0.717) is 0 Å². The van der Waals surface area contributed by atoms with Gasteiger partial charge in [0.15, 0.2) is 0 Å². The quantitative estimate of drug-likeness (QED) is 0.686. The molecule has 1 rings (SSSR count). The summed E-state index contributed by atoms with van der Waals surface area (Å²) in [5.41, 5.74) is -0.374. The van der Waals surface area contributed by atoms with Crippen LogP contribution in [0.2, 0.25) is 0 Å². The Kier molecular flexibility index (Phi) is 4.04. The highest BCUT2D eigenvalue weighted by molar-refractivity contribution is 5.69. The van der Waals surface area contributed by atoms with E-state index in [-0.39, 0.29) is 24.1 Å². The van der Waals surface area contributed by atoms with Gasteiger partial charge in [-0.2, -0.15) is 0 Å². The molecule has 0 radical (unpaired) electrons. The van der Waals surface area contributed by atoms with Gasteiger partial charge in [0.05, 0.1) is 13.2 Å². The van der Waals surface area contributed by atoms with Crippen LogP contribution < -0.4 is 10.3 Å². The van der Waals surface area contributed by atoms with Gasteiger partial charge in [0, 0.05) is 12.1 Å². The van der Waals surface area contributed by atoms with Gasteiger partial charge in [0.25, 0.3) is 5.56 Å². The monoisotopic (exact) mass is 226 g/mol. The zero-order chi connectivity index (χ0) is 12.1. The number of carbonyl (C=O) groups excluding carboxylic acids is 1. The molecule has 0 saturated heterocycles. The number of ether oxygens (including phenoxy) is 2. The van der Waals surface area contributed by atoms with Gasteiger partial charge < -0.3 is 9.47 Å². The summed E-state index contributed by atoms with van der Waals surface area (Å²) in [5.74, 6) is -0.227. The average molecular weight is 226 g/mol. The van der Waals surface area contributed by atoms with Crippen molar-refractivity contribution in [3.63, 3.8) is 0 Å². The summed E-state index contributed by atoms with van der Waals surface area (Å²) >= 11 is 0. The van der Waals surface area contributed by atoms with Crippen LogP contribution in [0, 0.1) is 0 Å². The standard InChI is InChI=1S/C10H14N2O4/c1-7(2)16-10(14)6-12-9(13)5-4-8(11-12)15-3/h4-5,7H,6H2,1-3H3. The summed E-state index contributed by atoms with van der Waals surface area (Å²) < 4.78 is 10.8. The van der Waals surface area contributed by atoms with Crippen LogP contribution in [-0.4, -0.2) is 29.0 Å². The number of rotatable bonds is 4. The van der Waals surface area contributed by atoms with Crippen LogP contribution in [0.15, 0.2) is 16.9 Å². The van der Waals surface area contributed by atoms with Crippen molar-refractivity contribution < 1.29 is 14.3 Å². The molecule has 0 fully saturated rings. The van der Waals surface area contributed by atoms with E-state index in [1.165, 1.54) is 19.2 Å². The summed E-state index contributed by atoms with van der Waals surface area (Å²) in [5, 5.41) is 3.82. The molecule has 1 aromatic heterocycles. The fourth-order valence-electron chi connectivity index (χ4n) is 1.07. The van der Waals surface area contributed by atoms with Crippen LogP contribution in [0.4, 0.5) is 0 Å². The van der Waals surface area contributed by atoms with Gasteiger partial charge in [0.1, 0.15) is 6.54 Å². The molecule has 6 nitrogen and oxygen atoms in total. The van der Waals surface area contributed by atoms with Gasteiger partial charge in [-0.25, -0.2) is 4.68 Å². The number of nitrogens with zero attached hydrogens (tertiary/aromatic N) is 2. The predicted octanol–water partition coefficient (Wildman–Crippen LogP) is 0.203. The topological polar surface area (TPSA) is 70.4 Å². The first-order valence-corrected chi connectivity index (χ1v) is 4.84. The number of aromatic nitrogens is 2. The van der Waals surface area contributed by atoms with Crippen molar-refractivity contribution in [2.24, 2.45) is 0 Å². The van der Waals surface area contributed by atoms with Gasteiger partial charge in [0.2, 0.25) is 5.88 Å². The normalized spacial score (nSPS) is 10.2. The molecule has 1 heterocycles. The summed E-state index contributed by atoms with van der Waals surface area (Å²) in [4.78, 5) is 22.7. The number of hydrogen-bond donors (Lipinski definition) is 0. The Morgan fingerprint density at radius 3 is 2.75 bits per heavy atom. The SMILES string of the molecule is COc1ccc(=O)n(CC(=O)OC(C)C)n1. The van der Waals surface area contributed by atoms with Crippen molar-refractivity contribution in [1.82, 2.24) is 9.78 Å². The number of esters is 1. The first-order chi connectivity index (χ1) is 7.52. The smallest absolute Gasteiger partial charge is 0.328 e. The highest BCUT2D eigenvalue weighted by atomic mass is 16.5. The lowest BCUT2D eigenvalue weighted by atomic mass is 10.5. The fourth-order valence-corrected chi connectivity index (χ4v) is 1.07. The van der Waals surface area contributed by atoms with Crippen LogP contribution in [0.3, 0.4) is 0 Å². The van der Waals surface area contributed by atoms with Crippen molar-refractivity contribution in [2.45, 2.75) is 26.5 Å². The van der Waals surface area contributed by atoms with E-state index in [0.717, 1.165) is 4.68 Å². The summed E-state index contributed by atoms with van der Waals surface area (Å²) in [6, 6.07) is 2.72. The Hall–Kier alpha value is -1.85. The minimum absolute atomic E-state index is 0.214. The molecule has 0 amide bonds. The van der Waals surface area contributed by atoms with Crippen molar-refractivity contribution in [2.75, 3.05) is 7.11 Å². The van der Waals surface area contributed by atoms with Gasteiger partial charge >= 0.3 is 5.97 Å². The molecule has 0 bridgehead atoms. The zero-order valence-electron chi connectivity index (χ0n) is 9.47. The maximum absolute atomic E-state index is 11.3. The second-order valence-corrected chi connectivity index (χ2v) is 3.41. The minimum atomic E-state index is -0.502. The maximum Gasteiger partial charge on any atom is 0.328 e. The van der Waals surface area contributed by atoms with Crippen molar-refractivity contribution >= 4 is 5.97 Å². The number of methoxy groups -OCH3 is 1. The lowest BCUT2D eigenvalue weighted by Gasteiger charge is -2.09. The largest absolute Gasteiger partial charge is 0.480 e. The molecule has 0 N–H and O–H groups in total. The Bertz CT molecular complexity index is 425. The van der Waals surface area contributed by atoms with Crippen LogP contribution in [0.25, 0.3) is 0 Å². The Labute approximate surface area is 92.8 Å². The van der Waals surface area contributed by atoms with E-state index in [1.54, 1.807) is 13.8 Å². The minimum Gasteiger partial charge on any atom is -0.480 e. The van der Waals surface area contributed by atoms with Crippen LogP contribution >= 0.6 is 0 Å². The third kappa shape index (κ3) is 3.38. The number of hydrogen-bond acceptors (Lipinski definition) is 5. The molecule has 0 saturated carbocycles. The molecule has 0 unspecified atom stereocenters. The molecule has 1 aromatic rings. The summed E-state index contributed by atoms with van der Waals surface area (Å²) in [6.07, 6.45) is -0.214. The third-order valence-electron chi connectivity index (χ3n) is 1.70. The molecular weight excluding hydrogens is 212 g/mol. The van der Waals surface area contributed by atoms with E-state index in [1.807, 2.05) is 0 Å². The van der Waals surface area contributed by atoms with E-state index < -0.39 is 5.97 Å². The molecule has 0 atom stereocenters. The van der Waals surface area contributed by atoms with Gasteiger partial charge in [-0.1, -0.05) is 0 Å². The second kappa shape index (κ2) is 5.29. The van der Waals surface area contributed by atoms with E-state index in [9.17, 15) is 9.59 Å². The van der Waals surface area contributed by atoms with Crippen molar-refractivity contribution in [3.8, 4) is 5.88 Å². The molecule has 0 aromatic carbocycles. The van der Waals surface area contributed by atoms with Crippen LogP contribution in [-0.2, 0) is 16.1 Å². The van der Waals surface area contributed by atoms with E-state index in [2.05, 4.69) is 5.10 Å². The Morgan fingerprint density at radius 2 is 2.19 bits per heavy atom. The molecule has 0 spiro atoms. The van der Waals surface area contributed by atoms with E-state index >= 15 is 0 Å². The Balaban J connectivity index is 2.80. The average Bonchev–Trinajstić information content (AvgIpc) is 2.20. The lowest BCUT2D eigenvalue weighted by Crippen LogP contribution is -2.28. The maximum atomic E-state index is 11.3. The molecule has 0 aliphatic rings. The van der Waals surface area contributed by atoms with Crippen molar-refractivity contribution in [3.05, 3.63) is 22.5 Å². The highest BCUT2D eigenvalue weighted by Gasteiger charge is 2.09. The van der Waals surface area contributed by atoms with E-state index in [4.69, 9.17) is 9.47 Å². The second-order valence-electron chi connectivity index (χ2n) is 3.41. The molecule has 6 heteroatoms. The summed E-state index contributed by atoms with van der Waals surface area (Å²) in [7, 11) is 1.43. The molecule has 0 aliphatic heterocycles. The Morgan fingerprint density at radius 1 is 1.50 bits per heavy atom. The predicted molar refractivity (Wildman–Crippen MR) is 56.3 cm³/mol. The fraction of sp³-hybridized carbons (Fsp3) is 0.500. The molecule has 16 heavy (non-hydrogen) atoms. The molecular formula is C10H14N2O4. The van der Waals surface area contributed by atoms with Crippen LogP contribution in [0.1, 0.15) is 13.8 Å². The third-order valence-corrected chi connectivity index (χ3v) is 1.70. The summed E-state index contributed by atoms with van der Waals surface area (Å²) in [6.45, 7) is 3.26. The lowest BCUT2D eigenvalue weighted by molar-refractivity contribution is -0.148. The number of carbonyl (C=O) groups is 1. The first kappa shape index (κ1) is 12.2. The van der Waals surface area contributed by atoms with Crippen LogP contribution in [0.5, 0.6) is 5.88 Å². The van der Waals surface area contributed by atoms with Crippen molar-refractivity contribution in [1.29, 1.82) is 0 Å². The first-order valence-electron chi connectivity index (χ1n) is 4.84. The molecule has 88 valence electrons. The molecule has 0 aliphatic carbocycles. The van der Waals surface area contributed by atoms with Gasteiger partial charge in [-0.3, -0.25) is 9.59 Å². The zero-order valence-corrected chi connectivity index (χ0v) is 9.47. The van der Waals surface area contributed by atoms with Gasteiger partial charge in [-0.05, 0) is 13.8 Å². The van der Waals surface area contributed by atoms with Gasteiger partial charge in [-0.15, -0.1) is 5.10 Å².